The highest BCUT2D eigenvalue weighted by molar-refractivity contribution is 7.22. The van der Waals surface area contributed by atoms with E-state index in [4.69, 9.17) is 0 Å². The molecule has 3 heterocycles. The van der Waals surface area contributed by atoms with Gasteiger partial charge in [0.25, 0.3) is 6.71 Å². The Morgan fingerprint density at radius 1 is 0.439 bits per heavy atom. The number of fused-ring (bicyclic) bond motifs is 7. The van der Waals surface area contributed by atoms with Gasteiger partial charge in [-0.1, -0.05) is 166 Å². The Morgan fingerprint density at radius 2 is 0.965 bits per heavy atom. The zero-order chi connectivity index (χ0) is 38.3. The molecule has 0 saturated carbocycles. The lowest BCUT2D eigenvalue weighted by Crippen LogP contribution is -2.73. The van der Waals surface area contributed by atoms with Crippen LogP contribution in [-0.2, 0) is 6.42 Å². The smallest absolute Gasteiger partial charge is 0.252 e. The van der Waals surface area contributed by atoms with E-state index >= 15 is 0 Å². The van der Waals surface area contributed by atoms with Crippen LogP contribution < -0.4 is 46.9 Å². The van der Waals surface area contributed by atoms with Gasteiger partial charge >= 0.3 is 0 Å². The standard InChI is InChI=1S/C53H43BN2Si/c1-53(2,3)36-37-31-32-46-44(33-37)54-45-35-51-43(42-27-16-17-30-50(42)57(51,40-23-12-6-13-24-40)41-25-14-7-15-26-41)34-49(45)56(39-21-10-5-11-22-39)48-29-18-28-47(52(48)54)55(46)38-19-8-4-9-20-38/h4-35H,36H2,1-3H3. The lowest BCUT2D eigenvalue weighted by Gasteiger charge is -2.44. The highest BCUT2D eigenvalue weighted by atomic mass is 28.3. The molecule has 0 bridgehead atoms. The van der Waals surface area contributed by atoms with Crippen molar-refractivity contribution in [2.45, 2.75) is 27.2 Å². The second-order valence-corrected chi connectivity index (χ2v) is 20.8. The monoisotopic (exact) mass is 746 g/mol. The molecule has 8 aromatic rings. The average molecular weight is 747 g/mol. The highest BCUT2D eigenvalue weighted by Crippen LogP contribution is 2.45. The third-order valence-corrected chi connectivity index (χ3v) is 17.3. The maximum atomic E-state index is 2.68. The first-order chi connectivity index (χ1) is 27.9. The zero-order valence-corrected chi connectivity index (χ0v) is 33.7. The second-order valence-electron chi connectivity index (χ2n) is 17.1. The number of para-hydroxylation sites is 2. The Hall–Kier alpha value is -6.36. The first kappa shape index (κ1) is 33.9. The van der Waals surface area contributed by atoms with Crippen molar-refractivity contribution in [2.75, 3.05) is 9.80 Å². The van der Waals surface area contributed by atoms with Gasteiger partial charge in [-0.25, -0.2) is 0 Å². The Bertz CT molecular complexity index is 2770. The molecule has 11 rings (SSSR count). The van der Waals surface area contributed by atoms with Crippen molar-refractivity contribution in [3.8, 4) is 11.1 Å². The number of nitrogens with zero attached hydrogens (tertiary/aromatic N) is 2. The van der Waals surface area contributed by atoms with E-state index in [0.29, 0.717) is 0 Å². The minimum Gasteiger partial charge on any atom is -0.311 e. The molecule has 0 fully saturated rings. The van der Waals surface area contributed by atoms with E-state index in [1.54, 1.807) is 0 Å². The molecule has 8 aromatic carbocycles. The molecule has 0 unspecified atom stereocenters. The molecule has 0 aliphatic carbocycles. The van der Waals surface area contributed by atoms with Crippen LogP contribution in [0, 0.1) is 5.41 Å². The molecule has 0 spiro atoms. The zero-order valence-electron chi connectivity index (χ0n) is 32.7. The van der Waals surface area contributed by atoms with Gasteiger partial charge in [-0.2, -0.15) is 0 Å². The van der Waals surface area contributed by atoms with Gasteiger partial charge in [-0.15, -0.1) is 0 Å². The summed E-state index contributed by atoms with van der Waals surface area (Å²) in [5.41, 5.74) is 15.7. The van der Waals surface area contributed by atoms with Crippen molar-refractivity contribution in [1.82, 2.24) is 0 Å². The molecule has 3 aliphatic rings. The van der Waals surface area contributed by atoms with Crippen LogP contribution in [0.15, 0.2) is 194 Å². The van der Waals surface area contributed by atoms with Crippen LogP contribution in [-0.4, -0.2) is 14.8 Å². The highest BCUT2D eigenvalue weighted by Gasteiger charge is 2.51. The van der Waals surface area contributed by atoms with Gasteiger partial charge in [0.2, 0.25) is 0 Å². The Balaban J connectivity index is 1.28. The van der Waals surface area contributed by atoms with Crippen LogP contribution in [0.4, 0.5) is 34.1 Å². The third kappa shape index (κ3) is 5.10. The van der Waals surface area contributed by atoms with Gasteiger partial charge in [0.15, 0.2) is 8.07 Å². The van der Waals surface area contributed by atoms with Crippen LogP contribution in [0.1, 0.15) is 26.3 Å². The van der Waals surface area contributed by atoms with Crippen LogP contribution in [0.2, 0.25) is 0 Å². The van der Waals surface area contributed by atoms with Crippen LogP contribution in [0.5, 0.6) is 0 Å². The average Bonchev–Trinajstić information content (AvgIpc) is 3.53. The van der Waals surface area contributed by atoms with E-state index in [9.17, 15) is 0 Å². The molecule has 57 heavy (non-hydrogen) atoms. The summed E-state index contributed by atoms with van der Waals surface area (Å²) in [6, 6.07) is 73.6. The topological polar surface area (TPSA) is 6.48 Å². The van der Waals surface area contributed by atoms with Gasteiger partial charge in [0, 0.05) is 34.1 Å². The van der Waals surface area contributed by atoms with E-state index in [0.717, 1.165) is 6.42 Å². The maximum Gasteiger partial charge on any atom is 0.252 e. The molecule has 0 atom stereocenters. The summed E-state index contributed by atoms with van der Waals surface area (Å²) in [6.07, 6.45) is 1.01. The molecule has 0 radical (unpaired) electrons. The summed E-state index contributed by atoms with van der Waals surface area (Å²) in [5, 5.41) is 5.79. The predicted molar refractivity (Wildman–Crippen MR) is 246 cm³/mol. The first-order valence-electron chi connectivity index (χ1n) is 20.3. The van der Waals surface area contributed by atoms with Crippen molar-refractivity contribution in [1.29, 1.82) is 0 Å². The summed E-state index contributed by atoms with van der Waals surface area (Å²) < 4.78 is 0. The predicted octanol–water partition coefficient (Wildman–Crippen LogP) is 8.72. The minimum absolute atomic E-state index is 0.0355. The largest absolute Gasteiger partial charge is 0.311 e. The van der Waals surface area contributed by atoms with Crippen LogP contribution in [0.25, 0.3) is 11.1 Å². The van der Waals surface area contributed by atoms with E-state index in [1.165, 1.54) is 87.9 Å². The normalized spacial score (nSPS) is 14.3. The van der Waals surface area contributed by atoms with Crippen molar-refractivity contribution in [3.05, 3.63) is 200 Å². The van der Waals surface area contributed by atoms with Crippen molar-refractivity contribution < 1.29 is 0 Å². The van der Waals surface area contributed by atoms with E-state index in [1.807, 2.05) is 0 Å². The lowest BCUT2D eigenvalue weighted by molar-refractivity contribution is 0.411. The number of rotatable bonds is 5. The fourth-order valence-electron chi connectivity index (χ4n) is 10.4. The molecule has 4 heteroatoms. The van der Waals surface area contributed by atoms with E-state index in [-0.39, 0.29) is 12.1 Å². The summed E-state index contributed by atoms with van der Waals surface area (Å²) >= 11 is 0. The summed E-state index contributed by atoms with van der Waals surface area (Å²) in [7, 11) is -2.75. The third-order valence-electron chi connectivity index (χ3n) is 12.4. The molecule has 272 valence electrons. The minimum atomic E-state index is -2.75. The molecule has 0 amide bonds. The van der Waals surface area contributed by atoms with Gasteiger partial charge in [-0.05, 0) is 114 Å². The van der Waals surface area contributed by atoms with E-state index < -0.39 is 8.07 Å². The number of anilines is 6. The molecular formula is C53H43BN2Si. The molecule has 3 aliphatic heterocycles. The molecule has 0 N–H and O–H groups in total. The van der Waals surface area contributed by atoms with Crippen LogP contribution >= 0.6 is 0 Å². The summed E-state index contributed by atoms with van der Waals surface area (Å²) in [4.78, 5) is 5.06. The maximum absolute atomic E-state index is 2.75. The SMILES string of the molecule is CC(C)(C)Cc1ccc2c(c1)B1c3cc4c(cc3N(c3ccccc3)c3cccc(c31)N2c1ccccc1)-c1ccccc1[Si]4(c1ccccc1)c1ccccc1. The summed E-state index contributed by atoms with van der Waals surface area (Å²) in [5.74, 6) is 0. The molecular weight excluding hydrogens is 703 g/mol. The van der Waals surface area contributed by atoms with Gasteiger partial charge < -0.3 is 9.80 Å². The van der Waals surface area contributed by atoms with E-state index in [2.05, 4.69) is 225 Å². The number of benzene rings is 8. The molecule has 0 saturated heterocycles. The fraction of sp³-hybridized carbons (Fsp3) is 0.0943. The van der Waals surface area contributed by atoms with Crippen molar-refractivity contribution in [2.24, 2.45) is 5.41 Å². The molecule has 2 nitrogen and oxygen atoms in total. The first-order valence-corrected chi connectivity index (χ1v) is 22.3. The van der Waals surface area contributed by atoms with Gasteiger partial charge in [0.05, 0.1) is 0 Å². The lowest BCUT2D eigenvalue weighted by atomic mass is 9.33. The van der Waals surface area contributed by atoms with Gasteiger partial charge in [-0.3, -0.25) is 0 Å². The molecule has 0 aromatic heterocycles. The van der Waals surface area contributed by atoms with Crippen molar-refractivity contribution in [3.63, 3.8) is 0 Å². The van der Waals surface area contributed by atoms with Crippen LogP contribution in [0.3, 0.4) is 0 Å². The number of hydrogen-bond donors (Lipinski definition) is 0. The quantitative estimate of drug-likeness (QED) is 0.163. The number of hydrogen-bond acceptors (Lipinski definition) is 2. The second kappa shape index (κ2) is 12.8. The van der Waals surface area contributed by atoms with Gasteiger partial charge in [0.1, 0.15) is 0 Å². The Kier molecular flexibility index (Phi) is 7.64. The Labute approximate surface area is 337 Å². The Morgan fingerprint density at radius 3 is 1.56 bits per heavy atom. The van der Waals surface area contributed by atoms with Crippen molar-refractivity contribution >= 4 is 86.0 Å². The fourth-order valence-corrected chi connectivity index (χ4v) is 15.6. The summed E-state index contributed by atoms with van der Waals surface area (Å²) in [6.45, 7) is 7.08.